The summed E-state index contributed by atoms with van der Waals surface area (Å²) in [5.41, 5.74) is 2.44. The van der Waals surface area contributed by atoms with Gasteiger partial charge in [-0.25, -0.2) is 4.68 Å². The Morgan fingerprint density at radius 1 is 1.09 bits per heavy atom. The topological polar surface area (TPSA) is 33.1 Å². The maximum absolute atomic E-state index is 4.51. The summed E-state index contributed by atoms with van der Waals surface area (Å²) in [4.78, 5) is 2.58. The van der Waals surface area contributed by atoms with E-state index in [1.165, 1.54) is 50.9 Å². The molecule has 2 aliphatic heterocycles. The lowest BCUT2D eigenvalue weighted by Crippen LogP contribution is -2.40. The lowest BCUT2D eigenvalue weighted by atomic mass is 9.88. The van der Waals surface area contributed by atoms with Gasteiger partial charge in [0, 0.05) is 24.3 Å². The molecule has 2 aliphatic rings. The van der Waals surface area contributed by atoms with Gasteiger partial charge in [0.15, 0.2) is 0 Å². The Kier molecular flexibility index (Phi) is 4.44. The molecular formula is C19H26N4. The van der Waals surface area contributed by atoms with Crippen LogP contribution in [0.5, 0.6) is 0 Å². The molecule has 1 atom stereocenters. The Morgan fingerprint density at radius 3 is 2.65 bits per heavy atom. The number of nitrogens with zero attached hydrogens (tertiary/aromatic N) is 3. The van der Waals surface area contributed by atoms with E-state index >= 15 is 0 Å². The number of hydrogen-bond donors (Lipinski definition) is 1. The largest absolute Gasteiger partial charge is 0.314 e. The van der Waals surface area contributed by atoms with Crippen LogP contribution in [0.25, 0.3) is 5.69 Å². The van der Waals surface area contributed by atoms with Crippen LogP contribution in [0.4, 0.5) is 0 Å². The Hall–Kier alpha value is -1.65. The SMILES string of the molecule is c1ccc(-n2cc(CN3CCC(C4CCCN4)CC3)cn2)cc1. The number of likely N-dealkylation sites (tertiary alicyclic amines) is 1. The molecule has 1 N–H and O–H groups in total. The summed E-state index contributed by atoms with van der Waals surface area (Å²) in [7, 11) is 0. The molecule has 1 unspecified atom stereocenters. The van der Waals surface area contributed by atoms with Gasteiger partial charge in [0.1, 0.15) is 0 Å². The van der Waals surface area contributed by atoms with Crippen molar-refractivity contribution in [3.05, 3.63) is 48.3 Å². The molecule has 2 fully saturated rings. The lowest BCUT2D eigenvalue weighted by Gasteiger charge is -2.34. The van der Waals surface area contributed by atoms with E-state index in [9.17, 15) is 0 Å². The number of rotatable bonds is 4. The van der Waals surface area contributed by atoms with E-state index in [1.807, 2.05) is 16.9 Å². The van der Waals surface area contributed by atoms with Crippen LogP contribution >= 0.6 is 0 Å². The molecule has 23 heavy (non-hydrogen) atoms. The first-order chi connectivity index (χ1) is 11.4. The van der Waals surface area contributed by atoms with Crippen LogP contribution in [0, 0.1) is 5.92 Å². The van der Waals surface area contributed by atoms with Crippen LogP contribution < -0.4 is 5.32 Å². The highest BCUT2D eigenvalue weighted by molar-refractivity contribution is 5.30. The quantitative estimate of drug-likeness (QED) is 0.942. The average Bonchev–Trinajstić information content (AvgIpc) is 3.28. The molecule has 1 aromatic heterocycles. The van der Waals surface area contributed by atoms with E-state index in [0.29, 0.717) is 0 Å². The van der Waals surface area contributed by atoms with Gasteiger partial charge in [-0.1, -0.05) is 18.2 Å². The van der Waals surface area contributed by atoms with Crippen molar-refractivity contribution < 1.29 is 0 Å². The summed E-state index contributed by atoms with van der Waals surface area (Å²) in [6.45, 7) is 4.69. The molecule has 4 nitrogen and oxygen atoms in total. The average molecular weight is 310 g/mol. The maximum Gasteiger partial charge on any atom is 0.0645 e. The zero-order valence-electron chi connectivity index (χ0n) is 13.7. The van der Waals surface area contributed by atoms with E-state index < -0.39 is 0 Å². The minimum atomic E-state index is 0.790. The van der Waals surface area contributed by atoms with Gasteiger partial charge in [-0.05, 0) is 63.4 Å². The van der Waals surface area contributed by atoms with Gasteiger partial charge in [-0.2, -0.15) is 5.10 Å². The molecule has 122 valence electrons. The van der Waals surface area contributed by atoms with Crippen molar-refractivity contribution >= 4 is 0 Å². The second-order valence-electron chi connectivity index (χ2n) is 6.95. The maximum atomic E-state index is 4.51. The summed E-state index contributed by atoms with van der Waals surface area (Å²) in [5, 5.41) is 8.19. The highest BCUT2D eigenvalue weighted by atomic mass is 15.3. The van der Waals surface area contributed by atoms with Gasteiger partial charge in [-0.3, -0.25) is 4.90 Å². The number of benzene rings is 1. The van der Waals surface area contributed by atoms with Crippen molar-refractivity contribution in [2.45, 2.75) is 38.3 Å². The minimum absolute atomic E-state index is 0.790. The van der Waals surface area contributed by atoms with Gasteiger partial charge < -0.3 is 5.32 Å². The molecule has 0 amide bonds. The summed E-state index contributed by atoms with van der Waals surface area (Å²) in [6.07, 6.45) is 9.60. The van der Waals surface area contributed by atoms with Gasteiger partial charge >= 0.3 is 0 Å². The normalized spacial score (nSPS) is 23.4. The smallest absolute Gasteiger partial charge is 0.0645 e. The zero-order chi connectivity index (χ0) is 15.5. The molecule has 1 aromatic carbocycles. The fourth-order valence-electron chi connectivity index (χ4n) is 4.05. The van der Waals surface area contributed by atoms with Crippen molar-refractivity contribution in [1.82, 2.24) is 20.0 Å². The van der Waals surface area contributed by atoms with Crippen molar-refractivity contribution in [3.8, 4) is 5.69 Å². The molecule has 3 heterocycles. The molecular weight excluding hydrogens is 284 g/mol. The summed E-state index contributed by atoms with van der Waals surface area (Å²) in [5.74, 6) is 0.890. The zero-order valence-corrected chi connectivity index (χ0v) is 13.7. The van der Waals surface area contributed by atoms with Crippen molar-refractivity contribution in [1.29, 1.82) is 0 Å². The second kappa shape index (κ2) is 6.85. The van der Waals surface area contributed by atoms with Crippen molar-refractivity contribution in [2.24, 2.45) is 5.92 Å². The third kappa shape index (κ3) is 3.48. The highest BCUT2D eigenvalue weighted by Crippen LogP contribution is 2.26. The van der Waals surface area contributed by atoms with Gasteiger partial charge in [0.05, 0.1) is 11.9 Å². The number of para-hydroxylation sites is 1. The van der Waals surface area contributed by atoms with Crippen LogP contribution in [0.3, 0.4) is 0 Å². The van der Waals surface area contributed by atoms with E-state index in [0.717, 1.165) is 24.2 Å². The standard InChI is InChI=1S/C19H26N4/c1-2-5-18(6-3-1)23-15-16(13-21-23)14-22-11-8-17(9-12-22)19-7-4-10-20-19/h1-3,5-6,13,15,17,19-20H,4,7-12,14H2. The van der Waals surface area contributed by atoms with Crippen LogP contribution in [0.1, 0.15) is 31.2 Å². The van der Waals surface area contributed by atoms with E-state index in [4.69, 9.17) is 0 Å². The molecule has 0 aliphatic carbocycles. The minimum Gasteiger partial charge on any atom is -0.314 e. The van der Waals surface area contributed by atoms with E-state index in [-0.39, 0.29) is 0 Å². The lowest BCUT2D eigenvalue weighted by molar-refractivity contribution is 0.157. The van der Waals surface area contributed by atoms with Crippen LogP contribution in [0.15, 0.2) is 42.7 Å². The molecule has 0 saturated carbocycles. The van der Waals surface area contributed by atoms with Crippen molar-refractivity contribution in [2.75, 3.05) is 19.6 Å². The highest BCUT2D eigenvalue weighted by Gasteiger charge is 2.28. The number of nitrogens with one attached hydrogen (secondary N) is 1. The van der Waals surface area contributed by atoms with Crippen molar-refractivity contribution in [3.63, 3.8) is 0 Å². The summed E-state index contributed by atoms with van der Waals surface area (Å²) < 4.78 is 1.98. The van der Waals surface area contributed by atoms with Gasteiger partial charge in [0.2, 0.25) is 0 Å². The molecule has 2 aromatic rings. The first-order valence-corrected chi connectivity index (χ1v) is 8.93. The predicted octanol–water partition coefficient (Wildman–Crippen LogP) is 2.84. The van der Waals surface area contributed by atoms with Gasteiger partial charge in [-0.15, -0.1) is 0 Å². The Morgan fingerprint density at radius 2 is 1.91 bits per heavy atom. The fourth-order valence-corrected chi connectivity index (χ4v) is 4.05. The summed E-state index contributed by atoms with van der Waals surface area (Å²) >= 11 is 0. The third-order valence-electron chi connectivity index (χ3n) is 5.36. The summed E-state index contributed by atoms with van der Waals surface area (Å²) in [6, 6.07) is 11.1. The number of hydrogen-bond acceptors (Lipinski definition) is 3. The molecule has 4 heteroatoms. The number of aromatic nitrogens is 2. The third-order valence-corrected chi connectivity index (χ3v) is 5.36. The Labute approximate surface area is 138 Å². The molecule has 0 radical (unpaired) electrons. The first kappa shape index (κ1) is 14.9. The van der Waals surface area contributed by atoms with Crippen LogP contribution in [-0.2, 0) is 6.54 Å². The molecule has 4 rings (SSSR count). The van der Waals surface area contributed by atoms with Crippen LogP contribution in [-0.4, -0.2) is 40.4 Å². The Balaban J connectivity index is 1.32. The van der Waals surface area contributed by atoms with Crippen LogP contribution in [0.2, 0.25) is 0 Å². The monoisotopic (exact) mass is 310 g/mol. The van der Waals surface area contributed by atoms with Gasteiger partial charge in [0.25, 0.3) is 0 Å². The second-order valence-corrected chi connectivity index (χ2v) is 6.95. The molecule has 2 saturated heterocycles. The molecule has 0 bridgehead atoms. The molecule has 0 spiro atoms. The Bertz CT molecular complexity index is 607. The van der Waals surface area contributed by atoms with E-state index in [1.54, 1.807) is 0 Å². The fraction of sp³-hybridized carbons (Fsp3) is 0.526. The van der Waals surface area contributed by atoms with E-state index in [2.05, 4.69) is 45.8 Å². The first-order valence-electron chi connectivity index (χ1n) is 8.93. The number of piperidine rings is 1. The predicted molar refractivity (Wildman–Crippen MR) is 92.6 cm³/mol.